The van der Waals surface area contributed by atoms with Gasteiger partial charge in [0.25, 0.3) is 5.91 Å². The molecule has 0 bridgehead atoms. The smallest absolute Gasteiger partial charge is 0.345 e. The van der Waals surface area contributed by atoms with Crippen LogP contribution in [0.25, 0.3) is 0 Å². The Kier molecular flexibility index (Phi) is 7.21. The summed E-state index contributed by atoms with van der Waals surface area (Å²) in [6, 6.07) is 18.3. The summed E-state index contributed by atoms with van der Waals surface area (Å²) in [6.45, 7) is 0. The summed E-state index contributed by atoms with van der Waals surface area (Å²) in [7, 11) is 1.55. The lowest BCUT2D eigenvalue weighted by molar-refractivity contribution is 0.0734. The number of hydrazone groups is 1. The lowest BCUT2D eigenvalue weighted by Crippen LogP contribution is -2.17. The first-order valence-electron chi connectivity index (χ1n) is 8.71. The molecule has 8 heteroatoms. The van der Waals surface area contributed by atoms with Gasteiger partial charge >= 0.3 is 5.97 Å². The minimum absolute atomic E-state index is 0.248. The molecular weight excluding hydrogens is 472 g/mol. The van der Waals surface area contributed by atoms with Crippen LogP contribution in [-0.4, -0.2) is 25.2 Å². The molecule has 6 nitrogen and oxygen atoms in total. The highest BCUT2D eigenvalue weighted by molar-refractivity contribution is 9.10. The van der Waals surface area contributed by atoms with Crippen LogP contribution in [-0.2, 0) is 0 Å². The molecule has 0 heterocycles. The Labute approximate surface area is 186 Å². The molecule has 1 N–H and O–H groups in total. The van der Waals surface area contributed by atoms with Gasteiger partial charge in [-0.05, 0) is 54.6 Å². The van der Waals surface area contributed by atoms with Gasteiger partial charge in [-0.2, -0.15) is 5.10 Å². The fraction of sp³-hybridized carbons (Fsp3) is 0.0455. The molecule has 3 aromatic rings. The second-order valence-electron chi connectivity index (χ2n) is 5.98. The van der Waals surface area contributed by atoms with Gasteiger partial charge in [-0.3, -0.25) is 4.79 Å². The maximum absolute atomic E-state index is 12.4. The number of ether oxygens (including phenoxy) is 2. The van der Waals surface area contributed by atoms with E-state index in [2.05, 4.69) is 26.5 Å². The van der Waals surface area contributed by atoms with Crippen molar-refractivity contribution in [3.63, 3.8) is 0 Å². The van der Waals surface area contributed by atoms with Crippen LogP contribution < -0.4 is 14.9 Å². The summed E-state index contributed by atoms with van der Waals surface area (Å²) in [5.74, 6) is -0.0712. The molecule has 3 rings (SSSR count). The topological polar surface area (TPSA) is 77.0 Å². The fourth-order valence-corrected chi connectivity index (χ4v) is 3.05. The van der Waals surface area contributed by atoms with Crippen LogP contribution >= 0.6 is 27.5 Å². The second kappa shape index (κ2) is 10.0. The molecule has 0 fully saturated rings. The molecule has 0 saturated carbocycles. The molecular formula is C22H16BrClN2O4. The first kappa shape index (κ1) is 21.5. The van der Waals surface area contributed by atoms with Gasteiger partial charge in [0.1, 0.15) is 11.5 Å². The van der Waals surface area contributed by atoms with Crippen molar-refractivity contribution >= 4 is 45.6 Å². The highest BCUT2D eigenvalue weighted by Crippen LogP contribution is 2.24. The summed E-state index contributed by atoms with van der Waals surface area (Å²) < 4.78 is 11.3. The number of nitrogens with zero attached hydrogens (tertiary/aromatic N) is 1. The lowest BCUT2D eigenvalue weighted by atomic mass is 10.2. The number of hydrogen-bond donors (Lipinski definition) is 1. The summed E-state index contributed by atoms with van der Waals surface area (Å²) in [5, 5.41) is 4.26. The number of esters is 1. The van der Waals surface area contributed by atoms with E-state index < -0.39 is 11.9 Å². The number of hydrogen-bond acceptors (Lipinski definition) is 5. The highest BCUT2D eigenvalue weighted by atomic mass is 79.9. The standard InChI is InChI=1S/C22H16BrClN2O4/c1-29-17-9-6-14(7-10-17)21(27)26-25-13-15-12-16(23)8-11-20(15)30-22(28)18-4-2-3-5-19(18)24/h2-13H,1H3,(H,26,27)/b25-13+. The minimum Gasteiger partial charge on any atom is -0.497 e. The molecule has 0 aliphatic rings. The van der Waals surface area contributed by atoms with Crippen molar-refractivity contribution in [1.29, 1.82) is 0 Å². The van der Waals surface area contributed by atoms with Gasteiger partial charge in [-0.1, -0.05) is 39.7 Å². The van der Waals surface area contributed by atoms with Crippen LogP contribution in [0.3, 0.4) is 0 Å². The van der Waals surface area contributed by atoms with E-state index in [1.54, 1.807) is 73.8 Å². The average molecular weight is 488 g/mol. The Bertz CT molecular complexity index is 1100. The van der Waals surface area contributed by atoms with Gasteiger partial charge in [0.05, 0.1) is 23.9 Å². The molecule has 0 aliphatic carbocycles. The number of methoxy groups -OCH3 is 1. The van der Waals surface area contributed by atoms with E-state index in [-0.39, 0.29) is 11.3 Å². The van der Waals surface area contributed by atoms with Crippen LogP contribution in [0.5, 0.6) is 11.5 Å². The maximum atomic E-state index is 12.4. The Morgan fingerprint density at radius 2 is 1.80 bits per heavy atom. The van der Waals surface area contributed by atoms with E-state index in [4.69, 9.17) is 21.1 Å². The highest BCUT2D eigenvalue weighted by Gasteiger charge is 2.14. The molecule has 1 amide bonds. The van der Waals surface area contributed by atoms with Gasteiger partial charge in [-0.15, -0.1) is 0 Å². The normalized spacial score (nSPS) is 10.6. The number of halogens is 2. The zero-order chi connectivity index (χ0) is 21.5. The van der Waals surface area contributed by atoms with Crippen LogP contribution in [0, 0.1) is 0 Å². The number of carbonyl (C=O) groups is 2. The van der Waals surface area contributed by atoms with Crippen molar-refractivity contribution in [3.8, 4) is 11.5 Å². The SMILES string of the molecule is COc1ccc(C(=O)N/N=C/c2cc(Br)ccc2OC(=O)c2ccccc2Cl)cc1. The fourth-order valence-electron chi connectivity index (χ4n) is 2.46. The summed E-state index contributed by atoms with van der Waals surface area (Å²) in [5.41, 5.74) is 3.60. The van der Waals surface area contributed by atoms with E-state index >= 15 is 0 Å². The summed E-state index contributed by atoms with van der Waals surface area (Å²) >= 11 is 9.42. The monoisotopic (exact) mass is 486 g/mol. The second-order valence-corrected chi connectivity index (χ2v) is 7.30. The molecule has 152 valence electrons. The van der Waals surface area contributed by atoms with E-state index in [1.807, 2.05) is 0 Å². The van der Waals surface area contributed by atoms with Crippen molar-refractivity contribution in [3.05, 3.63) is 92.9 Å². The number of rotatable bonds is 6. The van der Waals surface area contributed by atoms with Gasteiger partial charge in [0.15, 0.2) is 0 Å². The Morgan fingerprint density at radius 3 is 2.50 bits per heavy atom. The van der Waals surface area contributed by atoms with Crippen molar-refractivity contribution in [2.24, 2.45) is 5.10 Å². The largest absolute Gasteiger partial charge is 0.497 e. The minimum atomic E-state index is -0.597. The van der Waals surface area contributed by atoms with Gasteiger partial charge < -0.3 is 9.47 Å². The zero-order valence-corrected chi connectivity index (χ0v) is 18.1. The van der Waals surface area contributed by atoms with Gasteiger partial charge in [0.2, 0.25) is 0 Å². The molecule has 0 aliphatic heterocycles. The first-order chi connectivity index (χ1) is 14.5. The Morgan fingerprint density at radius 1 is 1.07 bits per heavy atom. The van der Waals surface area contributed by atoms with Crippen LogP contribution in [0.2, 0.25) is 5.02 Å². The number of carbonyl (C=O) groups excluding carboxylic acids is 2. The number of benzene rings is 3. The molecule has 0 aromatic heterocycles. The van der Waals surface area contributed by atoms with Gasteiger partial charge in [0, 0.05) is 15.6 Å². The predicted octanol–water partition coefficient (Wildman–Crippen LogP) is 5.09. The summed E-state index contributed by atoms with van der Waals surface area (Å²) in [4.78, 5) is 24.7. The van der Waals surface area contributed by atoms with E-state index in [9.17, 15) is 9.59 Å². The van der Waals surface area contributed by atoms with Crippen molar-refractivity contribution in [2.45, 2.75) is 0 Å². The molecule has 0 atom stereocenters. The molecule has 0 spiro atoms. The Balaban J connectivity index is 1.74. The summed E-state index contributed by atoms with van der Waals surface area (Å²) in [6.07, 6.45) is 1.39. The van der Waals surface area contributed by atoms with Crippen LogP contribution in [0.4, 0.5) is 0 Å². The molecule has 0 radical (unpaired) electrons. The average Bonchev–Trinajstić information content (AvgIpc) is 2.75. The third-order valence-electron chi connectivity index (χ3n) is 3.99. The van der Waals surface area contributed by atoms with Crippen molar-refractivity contribution in [2.75, 3.05) is 7.11 Å². The van der Waals surface area contributed by atoms with Crippen molar-refractivity contribution < 1.29 is 19.1 Å². The number of nitrogens with one attached hydrogen (secondary N) is 1. The van der Waals surface area contributed by atoms with Crippen LogP contribution in [0.1, 0.15) is 26.3 Å². The van der Waals surface area contributed by atoms with Gasteiger partial charge in [-0.25, -0.2) is 10.2 Å². The third-order valence-corrected chi connectivity index (χ3v) is 4.81. The van der Waals surface area contributed by atoms with E-state index in [0.29, 0.717) is 21.9 Å². The van der Waals surface area contributed by atoms with E-state index in [0.717, 1.165) is 4.47 Å². The van der Waals surface area contributed by atoms with E-state index in [1.165, 1.54) is 6.21 Å². The molecule has 0 saturated heterocycles. The zero-order valence-electron chi connectivity index (χ0n) is 15.8. The first-order valence-corrected chi connectivity index (χ1v) is 9.89. The third kappa shape index (κ3) is 5.46. The molecule has 3 aromatic carbocycles. The maximum Gasteiger partial charge on any atom is 0.345 e. The predicted molar refractivity (Wildman–Crippen MR) is 119 cm³/mol. The molecule has 0 unspecified atom stereocenters. The number of amides is 1. The molecule has 30 heavy (non-hydrogen) atoms. The lowest BCUT2D eigenvalue weighted by Gasteiger charge is -2.09. The van der Waals surface area contributed by atoms with Crippen molar-refractivity contribution in [1.82, 2.24) is 5.43 Å². The Hall–Kier alpha value is -3.16. The quantitative estimate of drug-likeness (QED) is 0.227. The van der Waals surface area contributed by atoms with Crippen LogP contribution in [0.15, 0.2) is 76.3 Å².